The number of anilines is 2. The van der Waals surface area contributed by atoms with E-state index in [2.05, 4.69) is 33.1 Å². The number of carbonyl (C=O) groups is 1. The van der Waals surface area contributed by atoms with E-state index in [1.807, 2.05) is 37.3 Å². The third-order valence-corrected chi connectivity index (χ3v) is 4.43. The van der Waals surface area contributed by atoms with Crippen molar-refractivity contribution in [3.63, 3.8) is 0 Å². The standard InChI is InChI=1S/C19H24N4O/c1-3-22-11-13-23(14-12-22)18-10-5-4-8-16(18)21-19(24)17-9-6-7-15(2)20-17/h4-10H,3,11-14H2,1-2H3,(H,21,24). The normalized spacial score (nSPS) is 15.3. The van der Waals surface area contributed by atoms with Crippen molar-refractivity contribution in [1.29, 1.82) is 0 Å². The van der Waals surface area contributed by atoms with Crippen molar-refractivity contribution in [3.8, 4) is 0 Å². The summed E-state index contributed by atoms with van der Waals surface area (Å²) < 4.78 is 0. The minimum atomic E-state index is -0.168. The summed E-state index contributed by atoms with van der Waals surface area (Å²) in [7, 11) is 0. The van der Waals surface area contributed by atoms with Crippen molar-refractivity contribution >= 4 is 17.3 Å². The minimum absolute atomic E-state index is 0.168. The van der Waals surface area contributed by atoms with E-state index in [0.29, 0.717) is 5.69 Å². The number of pyridine rings is 1. The molecule has 5 nitrogen and oxygen atoms in total. The molecular weight excluding hydrogens is 300 g/mol. The Morgan fingerprint density at radius 3 is 2.54 bits per heavy atom. The second-order valence-electron chi connectivity index (χ2n) is 6.06. The first-order valence-corrected chi connectivity index (χ1v) is 8.48. The fourth-order valence-electron chi connectivity index (χ4n) is 3.02. The van der Waals surface area contributed by atoms with Crippen molar-refractivity contribution in [3.05, 3.63) is 53.9 Å². The number of hydrogen-bond donors (Lipinski definition) is 1. The van der Waals surface area contributed by atoms with Crippen LogP contribution in [0.15, 0.2) is 42.5 Å². The molecule has 0 atom stereocenters. The van der Waals surface area contributed by atoms with Crippen molar-refractivity contribution in [2.75, 3.05) is 42.9 Å². The number of aryl methyl sites for hydroxylation is 1. The van der Waals surface area contributed by atoms with Gasteiger partial charge < -0.3 is 15.1 Å². The Hall–Kier alpha value is -2.40. The van der Waals surface area contributed by atoms with Crippen LogP contribution in [0.4, 0.5) is 11.4 Å². The number of piperazine rings is 1. The van der Waals surface area contributed by atoms with Gasteiger partial charge in [0.05, 0.1) is 11.4 Å². The van der Waals surface area contributed by atoms with Gasteiger partial charge in [0.15, 0.2) is 0 Å². The van der Waals surface area contributed by atoms with Gasteiger partial charge in [-0.1, -0.05) is 25.1 Å². The summed E-state index contributed by atoms with van der Waals surface area (Å²) in [6, 6.07) is 13.5. The van der Waals surface area contributed by atoms with Gasteiger partial charge in [-0.15, -0.1) is 0 Å². The second-order valence-corrected chi connectivity index (χ2v) is 6.06. The number of carbonyl (C=O) groups excluding carboxylic acids is 1. The molecule has 1 amide bonds. The average Bonchev–Trinajstić information content (AvgIpc) is 2.62. The molecule has 0 aliphatic carbocycles. The van der Waals surface area contributed by atoms with Gasteiger partial charge in [-0.25, -0.2) is 4.98 Å². The summed E-state index contributed by atoms with van der Waals surface area (Å²) in [6.07, 6.45) is 0. The van der Waals surface area contributed by atoms with E-state index in [-0.39, 0.29) is 5.91 Å². The zero-order chi connectivity index (χ0) is 16.9. The van der Waals surface area contributed by atoms with Crippen molar-refractivity contribution in [2.45, 2.75) is 13.8 Å². The number of nitrogens with one attached hydrogen (secondary N) is 1. The van der Waals surface area contributed by atoms with Crippen LogP contribution in [0.3, 0.4) is 0 Å². The van der Waals surface area contributed by atoms with Crippen LogP contribution in [0.25, 0.3) is 0 Å². The van der Waals surface area contributed by atoms with Gasteiger partial charge in [0.25, 0.3) is 5.91 Å². The highest BCUT2D eigenvalue weighted by atomic mass is 16.1. The lowest BCUT2D eigenvalue weighted by atomic mass is 10.2. The molecule has 1 N–H and O–H groups in total. The quantitative estimate of drug-likeness (QED) is 0.939. The predicted molar refractivity (Wildman–Crippen MR) is 97.7 cm³/mol. The monoisotopic (exact) mass is 324 g/mol. The van der Waals surface area contributed by atoms with E-state index in [9.17, 15) is 4.79 Å². The summed E-state index contributed by atoms with van der Waals surface area (Å²) in [4.78, 5) is 21.6. The Morgan fingerprint density at radius 1 is 1.08 bits per heavy atom. The molecule has 0 bridgehead atoms. The Labute approximate surface area is 143 Å². The molecule has 0 saturated carbocycles. The highest BCUT2D eigenvalue weighted by Crippen LogP contribution is 2.27. The third kappa shape index (κ3) is 3.74. The predicted octanol–water partition coefficient (Wildman–Crippen LogP) is 2.78. The molecule has 126 valence electrons. The van der Waals surface area contributed by atoms with Gasteiger partial charge in [0.1, 0.15) is 5.69 Å². The molecule has 2 aromatic rings. The smallest absolute Gasteiger partial charge is 0.274 e. The van der Waals surface area contributed by atoms with Crippen LogP contribution >= 0.6 is 0 Å². The summed E-state index contributed by atoms with van der Waals surface area (Å²) >= 11 is 0. The van der Waals surface area contributed by atoms with Crippen LogP contribution in [0, 0.1) is 6.92 Å². The molecule has 5 heteroatoms. The largest absolute Gasteiger partial charge is 0.367 e. The molecule has 0 spiro atoms. The highest BCUT2D eigenvalue weighted by Gasteiger charge is 2.19. The molecule has 1 saturated heterocycles. The number of amides is 1. The fourth-order valence-corrected chi connectivity index (χ4v) is 3.02. The number of benzene rings is 1. The van der Waals surface area contributed by atoms with Crippen molar-refractivity contribution < 1.29 is 4.79 Å². The molecule has 1 aliphatic rings. The number of likely N-dealkylation sites (N-methyl/N-ethyl adjacent to an activating group) is 1. The lowest BCUT2D eigenvalue weighted by Gasteiger charge is -2.36. The molecule has 2 heterocycles. The maximum absolute atomic E-state index is 12.5. The third-order valence-electron chi connectivity index (χ3n) is 4.43. The van der Waals surface area contributed by atoms with Gasteiger partial charge in [-0.3, -0.25) is 4.79 Å². The van der Waals surface area contributed by atoms with Crippen molar-refractivity contribution in [1.82, 2.24) is 9.88 Å². The minimum Gasteiger partial charge on any atom is -0.367 e. The summed E-state index contributed by atoms with van der Waals surface area (Å²) in [5, 5.41) is 3.02. The van der Waals surface area contributed by atoms with E-state index in [4.69, 9.17) is 0 Å². The fraction of sp³-hybridized carbons (Fsp3) is 0.368. The van der Waals surface area contributed by atoms with Crippen LogP contribution in [0.1, 0.15) is 23.1 Å². The number of rotatable bonds is 4. The number of hydrogen-bond acceptors (Lipinski definition) is 4. The van der Waals surface area contributed by atoms with Crippen LogP contribution in [-0.2, 0) is 0 Å². The first kappa shape index (κ1) is 16.5. The number of para-hydroxylation sites is 2. The van der Waals surface area contributed by atoms with Gasteiger partial charge in [-0.05, 0) is 37.7 Å². The lowest BCUT2D eigenvalue weighted by Crippen LogP contribution is -2.46. The molecule has 24 heavy (non-hydrogen) atoms. The molecule has 0 radical (unpaired) electrons. The first-order chi connectivity index (χ1) is 11.7. The summed E-state index contributed by atoms with van der Waals surface area (Å²) in [6.45, 7) is 9.23. The van der Waals surface area contributed by atoms with Gasteiger partial charge in [0, 0.05) is 31.9 Å². The Balaban J connectivity index is 1.76. The van der Waals surface area contributed by atoms with Crippen LogP contribution < -0.4 is 10.2 Å². The Kier molecular flexibility index (Phi) is 5.11. The van der Waals surface area contributed by atoms with E-state index in [1.54, 1.807) is 6.07 Å². The zero-order valence-electron chi connectivity index (χ0n) is 14.3. The molecule has 3 rings (SSSR count). The van der Waals surface area contributed by atoms with Gasteiger partial charge in [0.2, 0.25) is 0 Å². The zero-order valence-corrected chi connectivity index (χ0v) is 14.3. The molecule has 1 aromatic heterocycles. The van der Waals surface area contributed by atoms with E-state index in [1.165, 1.54) is 0 Å². The van der Waals surface area contributed by atoms with E-state index >= 15 is 0 Å². The van der Waals surface area contributed by atoms with Gasteiger partial charge in [-0.2, -0.15) is 0 Å². The maximum atomic E-state index is 12.5. The molecule has 1 fully saturated rings. The maximum Gasteiger partial charge on any atom is 0.274 e. The topological polar surface area (TPSA) is 48.5 Å². The van der Waals surface area contributed by atoms with Crippen molar-refractivity contribution in [2.24, 2.45) is 0 Å². The summed E-state index contributed by atoms with van der Waals surface area (Å²) in [5.74, 6) is -0.168. The SMILES string of the molecule is CCN1CCN(c2ccccc2NC(=O)c2cccc(C)n2)CC1. The van der Waals surface area contributed by atoms with Crippen LogP contribution in [0.5, 0.6) is 0 Å². The number of nitrogens with zero attached hydrogens (tertiary/aromatic N) is 3. The molecular formula is C19H24N4O. The van der Waals surface area contributed by atoms with E-state index in [0.717, 1.165) is 49.8 Å². The lowest BCUT2D eigenvalue weighted by molar-refractivity contribution is 0.102. The Morgan fingerprint density at radius 2 is 1.83 bits per heavy atom. The van der Waals surface area contributed by atoms with Gasteiger partial charge >= 0.3 is 0 Å². The number of aromatic nitrogens is 1. The van der Waals surface area contributed by atoms with Crippen LogP contribution in [-0.4, -0.2) is 48.5 Å². The molecule has 0 unspecified atom stereocenters. The van der Waals surface area contributed by atoms with E-state index < -0.39 is 0 Å². The average molecular weight is 324 g/mol. The molecule has 1 aliphatic heterocycles. The second kappa shape index (κ2) is 7.45. The van der Waals surface area contributed by atoms with Crippen LogP contribution in [0.2, 0.25) is 0 Å². The first-order valence-electron chi connectivity index (χ1n) is 8.48. The molecule has 1 aromatic carbocycles. The highest BCUT2D eigenvalue weighted by molar-refractivity contribution is 6.04. The summed E-state index contributed by atoms with van der Waals surface area (Å²) in [5.41, 5.74) is 3.21. The Bertz CT molecular complexity index is 708.